The number of likely N-dealkylation sites (N-methyl/N-ethyl adjacent to an activating group) is 1. The molecule has 1 aromatic carbocycles. The summed E-state index contributed by atoms with van der Waals surface area (Å²) in [4.78, 5) is 14.5. The van der Waals surface area contributed by atoms with Crippen LogP contribution < -0.4 is 14.8 Å². The van der Waals surface area contributed by atoms with E-state index in [9.17, 15) is 4.79 Å². The van der Waals surface area contributed by atoms with Crippen molar-refractivity contribution in [1.29, 1.82) is 0 Å². The van der Waals surface area contributed by atoms with Gasteiger partial charge in [0.25, 0.3) is 0 Å². The molecule has 2 aliphatic rings. The molecule has 21 heavy (non-hydrogen) atoms. The van der Waals surface area contributed by atoms with E-state index in [0.29, 0.717) is 13.1 Å². The zero-order valence-corrected chi connectivity index (χ0v) is 12.4. The van der Waals surface area contributed by atoms with Gasteiger partial charge in [-0.15, -0.1) is 0 Å². The average Bonchev–Trinajstić information content (AvgIpc) is 3.00. The molecule has 0 radical (unpaired) electrons. The largest absolute Gasteiger partial charge is 0.454 e. The third-order valence-electron chi connectivity index (χ3n) is 4.11. The Hall–Kier alpha value is -1.75. The molecular weight excluding hydrogens is 268 g/mol. The number of fused-ring (bicyclic) bond motifs is 1. The summed E-state index contributed by atoms with van der Waals surface area (Å²) in [7, 11) is 0. The maximum absolute atomic E-state index is 12.6. The molecule has 0 aliphatic carbocycles. The molecule has 0 unspecified atom stereocenters. The first-order chi connectivity index (χ1) is 10.3. The highest BCUT2D eigenvalue weighted by Crippen LogP contribution is 2.32. The lowest BCUT2D eigenvalue weighted by molar-refractivity contribution is -0.134. The molecule has 1 N–H and O–H groups in total. The SMILES string of the molecule is CCN(Cc1ccc2c(c1)OCO2)C(=O)[C@H]1CCCCN1. The predicted octanol–water partition coefficient (Wildman–Crippen LogP) is 1.91. The third-order valence-corrected chi connectivity index (χ3v) is 4.11. The highest BCUT2D eigenvalue weighted by molar-refractivity contribution is 5.82. The molecule has 1 amide bonds. The second-order valence-corrected chi connectivity index (χ2v) is 5.54. The monoisotopic (exact) mass is 290 g/mol. The van der Waals surface area contributed by atoms with E-state index in [2.05, 4.69) is 5.32 Å². The quantitative estimate of drug-likeness (QED) is 0.920. The summed E-state index contributed by atoms with van der Waals surface area (Å²) in [5.41, 5.74) is 1.07. The van der Waals surface area contributed by atoms with Gasteiger partial charge in [0.05, 0.1) is 6.04 Å². The number of benzene rings is 1. The number of piperidine rings is 1. The molecule has 114 valence electrons. The van der Waals surface area contributed by atoms with Gasteiger partial charge < -0.3 is 19.7 Å². The summed E-state index contributed by atoms with van der Waals surface area (Å²) in [6.07, 6.45) is 3.24. The van der Waals surface area contributed by atoms with Crippen molar-refractivity contribution in [3.63, 3.8) is 0 Å². The molecule has 5 heteroatoms. The number of ether oxygens (including phenoxy) is 2. The van der Waals surface area contributed by atoms with Crippen molar-refractivity contribution in [3.8, 4) is 11.5 Å². The Kier molecular flexibility index (Phi) is 4.29. The highest BCUT2D eigenvalue weighted by Gasteiger charge is 2.25. The van der Waals surface area contributed by atoms with E-state index in [1.807, 2.05) is 30.0 Å². The van der Waals surface area contributed by atoms with E-state index in [-0.39, 0.29) is 18.7 Å². The number of nitrogens with one attached hydrogen (secondary N) is 1. The van der Waals surface area contributed by atoms with Gasteiger partial charge in [-0.1, -0.05) is 12.5 Å². The van der Waals surface area contributed by atoms with Gasteiger partial charge >= 0.3 is 0 Å². The van der Waals surface area contributed by atoms with Gasteiger partial charge in [-0.3, -0.25) is 4.79 Å². The normalized spacial score (nSPS) is 20.3. The van der Waals surface area contributed by atoms with Crippen LogP contribution in [0.4, 0.5) is 0 Å². The van der Waals surface area contributed by atoms with Gasteiger partial charge in [-0.05, 0) is 44.0 Å². The summed E-state index contributed by atoms with van der Waals surface area (Å²) in [6, 6.07) is 5.85. The molecule has 1 saturated heterocycles. The smallest absolute Gasteiger partial charge is 0.239 e. The number of hydrogen-bond donors (Lipinski definition) is 1. The number of hydrogen-bond acceptors (Lipinski definition) is 4. The first-order valence-electron chi connectivity index (χ1n) is 7.68. The Morgan fingerprint density at radius 3 is 2.95 bits per heavy atom. The molecule has 1 fully saturated rings. The van der Waals surface area contributed by atoms with Crippen LogP contribution >= 0.6 is 0 Å². The van der Waals surface area contributed by atoms with Crippen LogP contribution in [0.5, 0.6) is 11.5 Å². The summed E-state index contributed by atoms with van der Waals surface area (Å²) < 4.78 is 10.7. The van der Waals surface area contributed by atoms with Crippen LogP contribution in [0.2, 0.25) is 0 Å². The van der Waals surface area contributed by atoms with Crippen molar-refractivity contribution < 1.29 is 14.3 Å². The number of rotatable bonds is 4. The summed E-state index contributed by atoms with van der Waals surface area (Å²) >= 11 is 0. The zero-order chi connectivity index (χ0) is 14.7. The Morgan fingerprint density at radius 1 is 1.33 bits per heavy atom. The van der Waals surface area contributed by atoms with Gasteiger partial charge in [0.1, 0.15) is 0 Å². The van der Waals surface area contributed by atoms with Crippen LogP contribution in [0.3, 0.4) is 0 Å². The third kappa shape index (κ3) is 3.13. The fourth-order valence-corrected chi connectivity index (χ4v) is 2.89. The lowest BCUT2D eigenvalue weighted by atomic mass is 10.0. The standard InChI is InChI=1S/C16H22N2O3/c1-2-18(16(19)13-5-3-4-8-17-13)10-12-6-7-14-15(9-12)21-11-20-14/h6-7,9,13,17H,2-5,8,10-11H2,1H3/t13-/m1/s1. The number of nitrogens with zero attached hydrogens (tertiary/aromatic N) is 1. The number of carbonyl (C=O) groups excluding carboxylic acids is 1. The van der Waals surface area contributed by atoms with Gasteiger partial charge in [0.15, 0.2) is 11.5 Å². The highest BCUT2D eigenvalue weighted by atomic mass is 16.7. The van der Waals surface area contributed by atoms with Crippen molar-refractivity contribution >= 4 is 5.91 Å². The lowest BCUT2D eigenvalue weighted by Crippen LogP contribution is -2.48. The van der Waals surface area contributed by atoms with Gasteiger partial charge in [-0.2, -0.15) is 0 Å². The van der Waals surface area contributed by atoms with Crippen molar-refractivity contribution in [2.75, 3.05) is 19.9 Å². The number of amides is 1. The predicted molar refractivity (Wildman–Crippen MR) is 79.3 cm³/mol. The summed E-state index contributed by atoms with van der Waals surface area (Å²) in [6.45, 7) is 4.57. The minimum absolute atomic E-state index is 0.0206. The molecule has 1 atom stereocenters. The molecule has 3 rings (SSSR count). The van der Waals surface area contributed by atoms with E-state index in [4.69, 9.17) is 9.47 Å². The van der Waals surface area contributed by atoms with Crippen molar-refractivity contribution in [3.05, 3.63) is 23.8 Å². The zero-order valence-electron chi connectivity index (χ0n) is 12.4. The van der Waals surface area contributed by atoms with Crippen molar-refractivity contribution in [1.82, 2.24) is 10.2 Å². The molecule has 5 nitrogen and oxygen atoms in total. The minimum Gasteiger partial charge on any atom is -0.454 e. The molecule has 1 aromatic rings. The van der Waals surface area contributed by atoms with Gasteiger partial charge in [-0.25, -0.2) is 0 Å². The van der Waals surface area contributed by atoms with E-state index < -0.39 is 0 Å². The molecule has 0 aromatic heterocycles. The van der Waals surface area contributed by atoms with Crippen LogP contribution in [0, 0.1) is 0 Å². The topological polar surface area (TPSA) is 50.8 Å². The van der Waals surface area contributed by atoms with Crippen LogP contribution in [0.1, 0.15) is 31.7 Å². The first-order valence-corrected chi connectivity index (χ1v) is 7.68. The van der Waals surface area contributed by atoms with E-state index >= 15 is 0 Å². The first kappa shape index (κ1) is 14.2. The fourth-order valence-electron chi connectivity index (χ4n) is 2.89. The Morgan fingerprint density at radius 2 is 2.19 bits per heavy atom. The molecule has 0 saturated carbocycles. The molecule has 0 spiro atoms. The van der Waals surface area contributed by atoms with Crippen molar-refractivity contribution in [2.24, 2.45) is 0 Å². The summed E-state index contributed by atoms with van der Waals surface area (Å²) in [5, 5.41) is 3.33. The number of carbonyl (C=O) groups is 1. The second-order valence-electron chi connectivity index (χ2n) is 5.54. The van der Waals surface area contributed by atoms with Gasteiger partial charge in [0, 0.05) is 13.1 Å². The maximum Gasteiger partial charge on any atom is 0.239 e. The Labute approximate surface area is 125 Å². The molecule has 0 bridgehead atoms. The van der Waals surface area contributed by atoms with Crippen molar-refractivity contribution in [2.45, 2.75) is 38.8 Å². The lowest BCUT2D eigenvalue weighted by Gasteiger charge is -2.29. The Bertz CT molecular complexity index is 512. The average molecular weight is 290 g/mol. The van der Waals surface area contributed by atoms with E-state index in [0.717, 1.165) is 42.9 Å². The van der Waals surface area contributed by atoms with Crippen LogP contribution in [-0.2, 0) is 11.3 Å². The fraction of sp³-hybridized carbons (Fsp3) is 0.562. The van der Waals surface area contributed by atoms with Crippen LogP contribution in [0.25, 0.3) is 0 Å². The van der Waals surface area contributed by atoms with E-state index in [1.54, 1.807) is 0 Å². The second kappa shape index (κ2) is 6.35. The van der Waals surface area contributed by atoms with Crippen LogP contribution in [0.15, 0.2) is 18.2 Å². The molecule has 2 heterocycles. The molecule has 2 aliphatic heterocycles. The van der Waals surface area contributed by atoms with Gasteiger partial charge in [0.2, 0.25) is 12.7 Å². The minimum atomic E-state index is -0.0206. The summed E-state index contributed by atoms with van der Waals surface area (Å²) in [5.74, 6) is 1.75. The molecular formula is C16H22N2O3. The van der Waals surface area contributed by atoms with E-state index in [1.165, 1.54) is 0 Å². The maximum atomic E-state index is 12.6. The Balaban J connectivity index is 1.67. The van der Waals surface area contributed by atoms with Crippen LogP contribution in [-0.4, -0.2) is 36.7 Å².